The van der Waals surface area contributed by atoms with Gasteiger partial charge in [0.05, 0.1) is 5.56 Å². The quantitative estimate of drug-likeness (QED) is 0.882. The molecule has 0 saturated carbocycles. The summed E-state index contributed by atoms with van der Waals surface area (Å²) in [5.41, 5.74) is -0.0834. The Bertz CT molecular complexity index is 683. The highest BCUT2D eigenvalue weighted by Gasteiger charge is 2.28. The minimum absolute atomic E-state index is 0.0834. The second kappa shape index (κ2) is 8.29. The van der Waals surface area contributed by atoms with E-state index in [9.17, 15) is 18.8 Å². The van der Waals surface area contributed by atoms with Crippen LogP contribution in [-0.4, -0.2) is 58.4 Å². The van der Waals surface area contributed by atoms with Gasteiger partial charge in [-0.05, 0) is 37.5 Å². The number of hydrogen-bond acceptors (Lipinski definition) is 3. The number of carboxylic acids is 1. The first-order valence-corrected chi connectivity index (χ1v) is 8.40. The molecule has 1 fully saturated rings. The van der Waals surface area contributed by atoms with E-state index in [1.165, 1.54) is 28.9 Å². The van der Waals surface area contributed by atoms with Crippen LogP contribution in [0.5, 0.6) is 0 Å². The lowest BCUT2D eigenvalue weighted by molar-refractivity contribution is -0.145. The molecule has 1 atom stereocenters. The monoisotopic (exact) mass is 370 g/mol. The van der Waals surface area contributed by atoms with Gasteiger partial charge in [0.25, 0.3) is 5.91 Å². The van der Waals surface area contributed by atoms with Crippen LogP contribution >= 0.6 is 11.6 Å². The van der Waals surface area contributed by atoms with Gasteiger partial charge in [-0.2, -0.15) is 0 Å². The van der Waals surface area contributed by atoms with Crippen LogP contribution < -0.4 is 0 Å². The van der Waals surface area contributed by atoms with Gasteiger partial charge in [-0.3, -0.25) is 14.4 Å². The number of nitrogens with zero attached hydrogens (tertiary/aromatic N) is 2. The molecule has 1 aliphatic rings. The standard InChI is InChI=1S/C17H20ClFN2O4/c1-11(22)21(10-16(23)24)13-3-2-7-20(8-6-13)17(25)14-9-12(18)4-5-15(14)19/h4-5,9,13H,2-3,6-8,10H2,1H3,(H,23,24)/t13-/m0/s1. The molecule has 1 aliphatic heterocycles. The maximum Gasteiger partial charge on any atom is 0.323 e. The molecule has 1 saturated heterocycles. The van der Waals surface area contributed by atoms with Crippen molar-refractivity contribution in [3.63, 3.8) is 0 Å². The molecule has 0 bridgehead atoms. The van der Waals surface area contributed by atoms with E-state index in [0.717, 1.165) is 6.07 Å². The van der Waals surface area contributed by atoms with Crippen LogP contribution in [0.4, 0.5) is 4.39 Å². The normalized spacial score (nSPS) is 17.7. The number of likely N-dealkylation sites (tertiary alicyclic amines) is 1. The summed E-state index contributed by atoms with van der Waals surface area (Å²) in [5.74, 6) is -2.47. The van der Waals surface area contributed by atoms with E-state index in [2.05, 4.69) is 0 Å². The zero-order valence-electron chi connectivity index (χ0n) is 13.9. The van der Waals surface area contributed by atoms with Crippen LogP contribution in [0.1, 0.15) is 36.5 Å². The number of carbonyl (C=O) groups is 3. The molecule has 0 spiro atoms. The Morgan fingerprint density at radius 3 is 2.68 bits per heavy atom. The van der Waals surface area contributed by atoms with Crippen LogP contribution in [0.25, 0.3) is 0 Å². The molecule has 1 aromatic rings. The van der Waals surface area contributed by atoms with Gasteiger partial charge in [-0.25, -0.2) is 4.39 Å². The van der Waals surface area contributed by atoms with Crippen molar-refractivity contribution in [1.82, 2.24) is 9.80 Å². The summed E-state index contributed by atoms with van der Waals surface area (Å²) in [7, 11) is 0. The van der Waals surface area contributed by atoms with Crippen LogP contribution in [0.2, 0.25) is 5.02 Å². The first kappa shape index (κ1) is 19.2. The maximum absolute atomic E-state index is 13.9. The Kier molecular flexibility index (Phi) is 6.36. The van der Waals surface area contributed by atoms with Crippen molar-refractivity contribution >= 4 is 29.4 Å². The van der Waals surface area contributed by atoms with Crippen molar-refractivity contribution in [3.8, 4) is 0 Å². The van der Waals surface area contributed by atoms with Gasteiger partial charge in [0.2, 0.25) is 5.91 Å². The molecule has 1 heterocycles. The minimum Gasteiger partial charge on any atom is -0.480 e. The highest BCUT2D eigenvalue weighted by Crippen LogP contribution is 2.21. The topological polar surface area (TPSA) is 77.9 Å². The van der Waals surface area contributed by atoms with Gasteiger partial charge >= 0.3 is 5.97 Å². The molecule has 1 N–H and O–H groups in total. The Morgan fingerprint density at radius 1 is 1.32 bits per heavy atom. The largest absolute Gasteiger partial charge is 0.480 e. The van der Waals surface area contributed by atoms with Gasteiger partial charge in [-0.15, -0.1) is 0 Å². The summed E-state index contributed by atoms with van der Waals surface area (Å²) < 4.78 is 13.9. The van der Waals surface area contributed by atoms with Gasteiger partial charge in [0.15, 0.2) is 0 Å². The molecule has 8 heteroatoms. The minimum atomic E-state index is -1.08. The van der Waals surface area contributed by atoms with Gasteiger partial charge < -0.3 is 14.9 Å². The molecule has 25 heavy (non-hydrogen) atoms. The number of halogens is 2. The van der Waals surface area contributed by atoms with E-state index in [1.54, 1.807) is 0 Å². The molecule has 0 aliphatic carbocycles. The maximum atomic E-state index is 13.9. The Labute approximate surface area is 150 Å². The van der Waals surface area contributed by atoms with E-state index in [4.69, 9.17) is 16.7 Å². The highest BCUT2D eigenvalue weighted by molar-refractivity contribution is 6.31. The smallest absolute Gasteiger partial charge is 0.323 e. The molecule has 2 rings (SSSR count). The number of amides is 2. The summed E-state index contributed by atoms with van der Waals surface area (Å²) in [4.78, 5) is 38.1. The summed E-state index contributed by atoms with van der Waals surface area (Å²) >= 11 is 5.84. The van der Waals surface area contributed by atoms with Crippen molar-refractivity contribution in [2.75, 3.05) is 19.6 Å². The molecular weight excluding hydrogens is 351 g/mol. The predicted molar refractivity (Wildman–Crippen MR) is 90.0 cm³/mol. The number of carboxylic acid groups (broad SMARTS) is 1. The predicted octanol–water partition coefficient (Wildman–Crippen LogP) is 2.41. The number of aliphatic carboxylic acids is 1. The van der Waals surface area contributed by atoms with E-state index >= 15 is 0 Å². The summed E-state index contributed by atoms with van der Waals surface area (Å²) in [6, 6.07) is 3.58. The van der Waals surface area contributed by atoms with Crippen LogP contribution in [-0.2, 0) is 9.59 Å². The number of rotatable bonds is 4. The lowest BCUT2D eigenvalue weighted by Crippen LogP contribution is -2.43. The number of hydrogen-bond donors (Lipinski definition) is 1. The average molecular weight is 371 g/mol. The molecule has 0 radical (unpaired) electrons. The van der Waals surface area contributed by atoms with Gasteiger partial charge in [0, 0.05) is 31.1 Å². The Morgan fingerprint density at radius 2 is 2.04 bits per heavy atom. The SMILES string of the molecule is CC(=O)N(CC(=O)O)[C@H]1CCCN(C(=O)c2cc(Cl)ccc2F)CC1. The third-order valence-corrected chi connectivity index (χ3v) is 4.53. The highest BCUT2D eigenvalue weighted by atomic mass is 35.5. The van der Waals surface area contributed by atoms with Gasteiger partial charge in [-0.1, -0.05) is 11.6 Å². The van der Waals surface area contributed by atoms with E-state index in [1.807, 2.05) is 0 Å². The second-order valence-electron chi connectivity index (χ2n) is 6.04. The molecule has 0 aromatic heterocycles. The average Bonchev–Trinajstić information content (AvgIpc) is 2.79. The van der Waals surface area contributed by atoms with Crippen LogP contribution in [0, 0.1) is 5.82 Å². The fraction of sp³-hybridized carbons (Fsp3) is 0.471. The van der Waals surface area contributed by atoms with Crippen molar-refractivity contribution in [1.29, 1.82) is 0 Å². The van der Waals surface area contributed by atoms with Gasteiger partial charge in [0.1, 0.15) is 12.4 Å². The lowest BCUT2D eigenvalue weighted by atomic mass is 10.1. The van der Waals surface area contributed by atoms with E-state index in [0.29, 0.717) is 32.4 Å². The van der Waals surface area contributed by atoms with E-state index in [-0.39, 0.29) is 29.1 Å². The Balaban J connectivity index is 2.10. The second-order valence-corrected chi connectivity index (χ2v) is 6.48. The lowest BCUT2D eigenvalue weighted by Gasteiger charge is -2.28. The van der Waals surface area contributed by atoms with Crippen LogP contribution in [0.15, 0.2) is 18.2 Å². The first-order chi connectivity index (χ1) is 11.8. The third-order valence-electron chi connectivity index (χ3n) is 4.29. The van der Waals surface area contributed by atoms with E-state index < -0.39 is 17.7 Å². The molecule has 2 amide bonds. The molecule has 0 unspecified atom stereocenters. The van der Waals surface area contributed by atoms with Crippen molar-refractivity contribution in [3.05, 3.63) is 34.6 Å². The zero-order valence-corrected chi connectivity index (χ0v) is 14.6. The summed E-state index contributed by atoms with van der Waals surface area (Å²) in [6.07, 6.45) is 1.64. The summed E-state index contributed by atoms with van der Waals surface area (Å²) in [6.45, 7) is 1.70. The summed E-state index contributed by atoms with van der Waals surface area (Å²) in [5, 5.41) is 9.25. The Hall–Kier alpha value is -2.15. The van der Waals surface area contributed by atoms with Crippen LogP contribution in [0.3, 0.4) is 0 Å². The molecular formula is C17H20ClFN2O4. The fourth-order valence-electron chi connectivity index (χ4n) is 3.07. The first-order valence-electron chi connectivity index (χ1n) is 8.03. The van der Waals surface area contributed by atoms with Crippen molar-refractivity contribution in [2.45, 2.75) is 32.2 Å². The third kappa shape index (κ3) is 4.92. The molecule has 1 aromatic carbocycles. The zero-order chi connectivity index (χ0) is 18.6. The number of benzene rings is 1. The fourth-order valence-corrected chi connectivity index (χ4v) is 3.24. The molecule has 136 valence electrons. The van der Waals surface area contributed by atoms with Crippen molar-refractivity contribution < 1.29 is 23.9 Å². The molecule has 6 nitrogen and oxygen atoms in total. The number of carbonyl (C=O) groups excluding carboxylic acids is 2. The van der Waals surface area contributed by atoms with Crippen molar-refractivity contribution in [2.24, 2.45) is 0 Å².